The van der Waals surface area contributed by atoms with Crippen LogP contribution in [0.15, 0.2) is 23.6 Å². The summed E-state index contributed by atoms with van der Waals surface area (Å²) in [7, 11) is -3.77. The molecule has 1 aromatic rings. The third-order valence-corrected chi connectivity index (χ3v) is 4.05. The average Bonchev–Trinajstić information content (AvgIpc) is 2.26. The van der Waals surface area contributed by atoms with Gasteiger partial charge in [-0.15, -0.1) is 0 Å². The van der Waals surface area contributed by atoms with E-state index in [2.05, 4.69) is 4.72 Å². The SMILES string of the molecule is CC(C)(C)C(=N)NS(=O)(=O)/C=C/c1c(Cl)cccc1Cl. The zero-order valence-electron chi connectivity index (χ0n) is 11.4. The summed E-state index contributed by atoms with van der Waals surface area (Å²) in [6.07, 6.45) is 1.31. The molecule has 110 valence electrons. The summed E-state index contributed by atoms with van der Waals surface area (Å²) in [6.45, 7) is 5.23. The zero-order chi connectivity index (χ0) is 15.6. The Balaban J connectivity index is 2.97. The van der Waals surface area contributed by atoms with Crippen molar-refractivity contribution in [1.82, 2.24) is 4.72 Å². The molecule has 0 bridgehead atoms. The molecule has 0 amide bonds. The van der Waals surface area contributed by atoms with E-state index in [0.29, 0.717) is 15.6 Å². The summed E-state index contributed by atoms with van der Waals surface area (Å²) in [5.41, 5.74) is -0.161. The fourth-order valence-electron chi connectivity index (χ4n) is 1.16. The molecule has 0 aliphatic carbocycles. The van der Waals surface area contributed by atoms with Gasteiger partial charge in [0.25, 0.3) is 10.0 Å². The van der Waals surface area contributed by atoms with Crippen molar-refractivity contribution in [2.45, 2.75) is 20.8 Å². The Morgan fingerprint density at radius 1 is 1.25 bits per heavy atom. The van der Waals surface area contributed by atoms with Gasteiger partial charge in [-0.25, -0.2) is 8.42 Å². The summed E-state index contributed by atoms with van der Waals surface area (Å²) < 4.78 is 25.9. The first-order valence-electron chi connectivity index (χ1n) is 5.77. The lowest BCUT2D eigenvalue weighted by atomic mass is 9.96. The molecule has 0 saturated carbocycles. The van der Waals surface area contributed by atoms with E-state index in [1.165, 1.54) is 6.08 Å². The topological polar surface area (TPSA) is 70.0 Å². The maximum absolute atomic E-state index is 11.9. The largest absolute Gasteiger partial charge is 0.287 e. The average molecular weight is 335 g/mol. The molecule has 0 saturated heterocycles. The Hall–Kier alpha value is -1.04. The Kier molecular flexibility index (Phi) is 5.24. The minimum Gasteiger partial charge on any atom is -0.287 e. The van der Waals surface area contributed by atoms with Gasteiger partial charge in [-0.05, 0) is 18.2 Å². The van der Waals surface area contributed by atoms with Crippen LogP contribution in [0.25, 0.3) is 6.08 Å². The fraction of sp³-hybridized carbons (Fsp3) is 0.308. The molecule has 0 atom stereocenters. The monoisotopic (exact) mass is 334 g/mol. The predicted octanol–water partition coefficient (Wildman–Crippen LogP) is 3.91. The summed E-state index contributed by atoms with van der Waals surface area (Å²) in [5.74, 6) is -0.0904. The lowest BCUT2D eigenvalue weighted by Crippen LogP contribution is -2.37. The number of nitrogens with one attached hydrogen (secondary N) is 2. The van der Waals surface area contributed by atoms with Gasteiger partial charge in [-0.1, -0.05) is 50.0 Å². The fourth-order valence-corrected chi connectivity index (χ4v) is 2.65. The van der Waals surface area contributed by atoms with Gasteiger partial charge in [-0.2, -0.15) is 0 Å². The first-order chi connectivity index (χ1) is 9.03. The number of benzene rings is 1. The number of sulfonamides is 1. The first-order valence-corrected chi connectivity index (χ1v) is 8.07. The second-order valence-corrected chi connectivity index (χ2v) is 7.59. The van der Waals surface area contributed by atoms with Gasteiger partial charge in [-0.3, -0.25) is 10.1 Å². The molecule has 0 heterocycles. The van der Waals surface area contributed by atoms with Crippen molar-refractivity contribution in [3.63, 3.8) is 0 Å². The molecule has 0 unspecified atom stereocenters. The van der Waals surface area contributed by atoms with Crippen molar-refractivity contribution < 1.29 is 8.42 Å². The van der Waals surface area contributed by atoms with Gasteiger partial charge in [0, 0.05) is 21.0 Å². The van der Waals surface area contributed by atoms with Gasteiger partial charge >= 0.3 is 0 Å². The highest BCUT2D eigenvalue weighted by Gasteiger charge is 2.21. The van der Waals surface area contributed by atoms with Crippen LogP contribution in [-0.4, -0.2) is 14.3 Å². The van der Waals surface area contributed by atoms with Crippen molar-refractivity contribution in [3.05, 3.63) is 39.2 Å². The van der Waals surface area contributed by atoms with Crippen LogP contribution < -0.4 is 4.72 Å². The number of halogens is 2. The molecular weight excluding hydrogens is 319 g/mol. The van der Waals surface area contributed by atoms with Gasteiger partial charge in [0.2, 0.25) is 0 Å². The van der Waals surface area contributed by atoms with Gasteiger partial charge in [0.05, 0.1) is 5.41 Å². The maximum Gasteiger partial charge on any atom is 0.255 e. The quantitative estimate of drug-likeness (QED) is 0.649. The molecule has 0 spiro atoms. The van der Waals surface area contributed by atoms with Crippen molar-refractivity contribution >= 4 is 45.1 Å². The van der Waals surface area contributed by atoms with E-state index < -0.39 is 15.4 Å². The molecule has 1 aromatic carbocycles. The Morgan fingerprint density at radius 3 is 2.20 bits per heavy atom. The van der Waals surface area contributed by atoms with Crippen molar-refractivity contribution in [1.29, 1.82) is 5.41 Å². The third kappa shape index (κ3) is 4.81. The molecule has 2 N–H and O–H groups in total. The van der Waals surface area contributed by atoms with E-state index in [4.69, 9.17) is 28.6 Å². The molecule has 7 heteroatoms. The van der Waals surface area contributed by atoms with Crippen molar-refractivity contribution in [3.8, 4) is 0 Å². The van der Waals surface area contributed by atoms with E-state index in [9.17, 15) is 8.42 Å². The highest BCUT2D eigenvalue weighted by molar-refractivity contribution is 7.93. The molecule has 0 aromatic heterocycles. The highest BCUT2D eigenvalue weighted by Crippen LogP contribution is 2.25. The van der Waals surface area contributed by atoms with Gasteiger partial charge in [0.1, 0.15) is 5.84 Å². The number of rotatable bonds is 3. The van der Waals surface area contributed by atoms with Crippen LogP contribution in [-0.2, 0) is 10.0 Å². The normalized spacial score (nSPS) is 12.7. The molecular formula is C13H16Cl2N2O2S. The second kappa shape index (κ2) is 6.16. The lowest BCUT2D eigenvalue weighted by Gasteiger charge is -2.19. The second-order valence-electron chi connectivity index (χ2n) is 5.21. The molecule has 0 aliphatic heterocycles. The molecule has 1 rings (SSSR count). The molecule has 4 nitrogen and oxygen atoms in total. The minimum absolute atomic E-state index is 0.0904. The van der Waals surface area contributed by atoms with Crippen LogP contribution in [0.2, 0.25) is 10.0 Å². The van der Waals surface area contributed by atoms with E-state index in [1.807, 2.05) is 0 Å². The maximum atomic E-state index is 11.9. The Bertz CT molecular complexity index is 627. The zero-order valence-corrected chi connectivity index (χ0v) is 13.7. The summed E-state index contributed by atoms with van der Waals surface area (Å²) in [4.78, 5) is 0. The molecule has 0 aliphatic rings. The third-order valence-electron chi connectivity index (χ3n) is 2.41. The lowest BCUT2D eigenvalue weighted by molar-refractivity contribution is 0.563. The number of hydrogen-bond acceptors (Lipinski definition) is 3. The van der Waals surface area contributed by atoms with Crippen LogP contribution in [0, 0.1) is 10.8 Å². The standard InChI is InChI=1S/C13H16Cl2N2O2S/c1-13(2,3)12(16)17-20(18,19)8-7-9-10(14)5-4-6-11(9)15/h4-8H,1-3H3,(H2,16,17)/b8-7+. The van der Waals surface area contributed by atoms with Crippen molar-refractivity contribution in [2.24, 2.45) is 5.41 Å². The first kappa shape index (κ1) is 17.0. The van der Waals surface area contributed by atoms with Crippen LogP contribution in [0.5, 0.6) is 0 Å². The van der Waals surface area contributed by atoms with Crippen LogP contribution in [0.4, 0.5) is 0 Å². The smallest absolute Gasteiger partial charge is 0.255 e. The van der Waals surface area contributed by atoms with Gasteiger partial charge in [0.15, 0.2) is 0 Å². The minimum atomic E-state index is -3.77. The van der Waals surface area contributed by atoms with E-state index in [1.54, 1.807) is 39.0 Å². The summed E-state index contributed by atoms with van der Waals surface area (Å²) >= 11 is 11.9. The summed E-state index contributed by atoms with van der Waals surface area (Å²) in [5, 5.41) is 9.34. The van der Waals surface area contributed by atoms with Crippen LogP contribution >= 0.6 is 23.2 Å². The Labute approximate surface area is 129 Å². The Morgan fingerprint density at radius 2 is 1.75 bits per heavy atom. The van der Waals surface area contributed by atoms with Crippen LogP contribution in [0.3, 0.4) is 0 Å². The van der Waals surface area contributed by atoms with E-state index >= 15 is 0 Å². The number of hydrogen-bond donors (Lipinski definition) is 2. The molecule has 0 radical (unpaired) electrons. The van der Waals surface area contributed by atoms with Crippen molar-refractivity contribution in [2.75, 3.05) is 0 Å². The summed E-state index contributed by atoms with van der Waals surface area (Å²) in [6, 6.07) is 4.90. The van der Waals surface area contributed by atoms with Gasteiger partial charge < -0.3 is 0 Å². The predicted molar refractivity (Wildman–Crippen MR) is 84.7 cm³/mol. The molecule has 0 fully saturated rings. The van der Waals surface area contributed by atoms with E-state index in [0.717, 1.165) is 5.41 Å². The van der Waals surface area contributed by atoms with E-state index in [-0.39, 0.29) is 5.84 Å². The molecule has 20 heavy (non-hydrogen) atoms. The van der Waals surface area contributed by atoms with Crippen LogP contribution in [0.1, 0.15) is 26.3 Å². The number of amidine groups is 1. The highest BCUT2D eigenvalue weighted by atomic mass is 35.5.